The number of benzene rings is 1. The van der Waals surface area contributed by atoms with Crippen LogP contribution in [0.1, 0.15) is 29.9 Å². The van der Waals surface area contributed by atoms with Gasteiger partial charge in [-0.25, -0.2) is 9.97 Å². The number of nitrogens with one attached hydrogen (secondary N) is 1. The summed E-state index contributed by atoms with van der Waals surface area (Å²) in [6.45, 7) is 6.78. The third-order valence-electron chi connectivity index (χ3n) is 5.11. The molecule has 0 radical (unpaired) electrons. The fourth-order valence-corrected chi connectivity index (χ4v) is 3.77. The number of rotatable bonds is 4. The van der Waals surface area contributed by atoms with Crippen molar-refractivity contribution in [3.63, 3.8) is 0 Å². The smallest absolute Gasteiger partial charge is 0.224 e. The Hall–Kier alpha value is -2.83. The molecule has 0 saturated carbocycles. The Balaban J connectivity index is 1.29. The number of carbonyl (C=O) groups excluding carboxylic acids is 1. The summed E-state index contributed by atoms with van der Waals surface area (Å²) in [6, 6.07) is 7.92. The molecule has 0 aliphatic carbocycles. The minimum Gasteiger partial charge on any atom is -0.486 e. The molecule has 0 spiro atoms. The Morgan fingerprint density at radius 1 is 1.11 bits per heavy atom. The van der Waals surface area contributed by atoms with Gasteiger partial charge in [-0.05, 0) is 44.4 Å². The van der Waals surface area contributed by atoms with Crippen LogP contribution in [-0.2, 0) is 11.2 Å². The number of aryl methyl sites for hydroxylation is 2. The van der Waals surface area contributed by atoms with Gasteiger partial charge in [0.15, 0.2) is 11.5 Å². The first kappa shape index (κ1) is 18.5. The van der Waals surface area contributed by atoms with Gasteiger partial charge in [0.25, 0.3) is 0 Å². The van der Waals surface area contributed by atoms with E-state index in [1.807, 2.05) is 38.1 Å². The lowest BCUT2D eigenvalue weighted by atomic mass is 10.0. The van der Waals surface area contributed by atoms with Crippen LogP contribution in [0.15, 0.2) is 24.3 Å². The van der Waals surface area contributed by atoms with Gasteiger partial charge in [0.05, 0.1) is 6.42 Å². The van der Waals surface area contributed by atoms with Gasteiger partial charge in [-0.15, -0.1) is 0 Å². The molecular formula is C21H26N4O3. The quantitative estimate of drug-likeness (QED) is 0.874. The zero-order valence-corrected chi connectivity index (χ0v) is 16.4. The van der Waals surface area contributed by atoms with Gasteiger partial charge in [-0.3, -0.25) is 4.79 Å². The fourth-order valence-electron chi connectivity index (χ4n) is 3.77. The molecule has 1 saturated heterocycles. The number of piperidine rings is 1. The standard InChI is InChI=1S/C21H26N4O3/c1-14-11-20(23-15(2)22-14)25-7-5-17(6-8-25)24-21(26)13-16-3-4-18-19(12-16)28-10-9-27-18/h3-4,11-12,17H,5-10,13H2,1-2H3,(H,24,26). The first-order valence-electron chi connectivity index (χ1n) is 9.82. The average Bonchev–Trinajstić information content (AvgIpc) is 2.67. The van der Waals surface area contributed by atoms with Crippen LogP contribution < -0.4 is 19.7 Å². The monoisotopic (exact) mass is 382 g/mol. The van der Waals surface area contributed by atoms with Crippen LogP contribution in [0.25, 0.3) is 0 Å². The fraction of sp³-hybridized carbons (Fsp3) is 0.476. The van der Waals surface area contributed by atoms with Crippen LogP contribution in [-0.4, -0.2) is 48.2 Å². The molecule has 7 nitrogen and oxygen atoms in total. The van der Waals surface area contributed by atoms with Crippen molar-refractivity contribution in [2.45, 2.75) is 39.2 Å². The van der Waals surface area contributed by atoms with E-state index < -0.39 is 0 Å². The van der Waals surface area contributed by atoms with Gasteiger partial charge in [-0.1, -0.05) is 6.07 Å². The molecule has 2 aromatic rings. The third kappa shape index (κ3) is 4.35. The summed E-state index contributed by atoms with van der Waals surface area (Å²) in [5.41, 5.74) is 1.92. The number of aromatic nitrogens is 2. The summed E-state index contributed by atoms with van der Waals surface area (Å²) in [5, 5.41) is 3.17. The highest BCUT2D eigenvalue weighted by atomic mass is 16.6. The first-order valence-corrected chi connectivity index (χ1v) is 9.82. The van der Waals surface area contributed by atoms with E-state index in [1.165, 1.54) is 0 Å². The molecule has 148 valence electrons. The van der Waals surface area contributed by atoms with Crippen LogP contribution in [0.5, 0.6) is 11.5 Å². The van der Waals surface area contributed by atoms with Crippen LogP contribution >= 0.6 is 0 Å². The minimum atomic E-state index is 0.0452. The van der Waals surface area contributed by atoms with Crippen molar-refractivity contribution < 1.29 is 14.3 Å². The lowest BCUT2D eigenvalue weighted by molar-refractivity contribution is -0.121. The molecule has 1 N–H and O–H groups in total. The van der Waals surface area contributed by atoms with E-state index in [0.717, 1.165) is 60.3 Å². The molecule has 0 atom stereocenters. The third-order valence-corrected chi connectivity index (χ3v) is 5.11. The van der Waals surface area contributed by atoms with Crippen LogP contribution in [0, 0.1) is 13.8 Å². The number of carbonyl (C=O) groups is 1. The van der Waals surface area contributed by atoms with Crippen molar-refractivity contribution in [3.05, 3.63) is 41.3 Å². The number of anilines is 1. The van der Waals surface area contributed by atoms with E-state index in [9.17, 15) is 4.79 Å². The van der Waals surface area contributed by atoms with Crippen molar-refractivity contribution in [2.24, 2.45) is 0 Å². The second-order valence-corrected chi connectivity index (χ2v) is 7.40. The predicted octanol–water partition coefficient (Wildman–Crippen LogP) is 2.19. The number of ether oxygens (including phenoxy) is 2. The van der Waals surface area contributed by atoms with Crippen molar-refractivity contribution in [3.8, 4) is 11.5 Å². The molecule has 0 bridgehead atoms. The lowest BCUT2D eigenvalue weighted by Crippen LogP contribution is -2.45. The highest BCUT2D eigenvalue weighted by Crippen LogP contribution is 2.30. The zero-order chi connectivity index (χ0) is 19.5. The normalized spacial score (nSPS) is 16.7. The van der Waals surface area contributed by atoms with Gasteiger partial charge in [0.2, 0.25) is 5.91 Å². The van der Waals surface area contributed by atoms with Gasteiger partial charge >= 0.3 is 0 Å². The van der Waals surface area contributed by atoms with Crippen molar-refractivity contribution >= 4 is 11.7 Å². The maximum atomic E-state index is 12.5. The van der Waals surface area contributed by atoms with Gasteiger partial charge < -0.3 is 19.7 Å². The van der Waals surface area contributed by atoms with Crippen molar-refractivity contribution in [2.75, 3.05) is 31.2 Å². The Kier molecular flexibility index (Phi) is 5.32. The molecular weight excluding hydrogens is 356 g/mol. The van der Waals surface area contributed by atoms with Crippen molar-refractivity contribution in [1.29, 1.82) is 0 Å². The average molecular weight is 382 g/mol. The lowest BCUT2D eigenvalue weighted by Gasteiger charge is -2.33. The Labute approximate surface area is 165 Å². The molecule has 2 aliphatic heterocycles. The topological polar surface area (TPSA) is 76.6 Å². The zero-order valence-electron chi connectivity index (χ0n) is 16.4. The first-order chi connectivity index (χ1) is 13.6. The van der Waals surface area contributed by atoms with E-state index in [2.05, 4.69) is 20.2 Å². The number of nitrogens with zero attached hydrogens (tertiary/aromatic N) is 3. The molecule has 7 heteroatoms. The minimum absolute atomic E-state index is 0.0452. The molecule has 1 aromatic heterocycles. The van der Waals surface area contributed by atoms with Gasteiger partial charge in [0, 0.05) is 30.9 Å². The number of hydrogen-bond acceptors (Lipinski definition) is 6. The van der Waals surface area contributed by atoms with E-state index >= 15 is 0 Å². The second kappa shape index (κ2) is 8.04. The van der Waals surface area contributed by atoms with E-state index in [0.29, 0.717) is 19.6 Å². The highest BCUT2D eigenvalue weighted by Gasteiger charge is 2.22. The number of fused-ring (bicyclic) bond motifs is 1. The Morgan fingerprint density at radius 2 is 1.86 bits per heavy atom. The molecule has 1 aromatic carbocycles. The van der Waals surface area contributed by atoms with Crippen LogP contribution in [0.3, 0.4) is 0 Å². The second-order valence-electron chi connectivity index (χ2n) is 7.40. The molecule has 0 unspecified atom stereocenters. The predicted molar refractivity (Wildman–Crippen MR) is 106 cm³/mol. The highest BCUT2D eigenvalue weighted by molar-refractivity contribution is 5.79. The molecule has 1 fully saturated rings. The van der Waals surface area contributed by atoms with Crippen LogP contribution in [0.2, 0.25) is 0 Å². The van der Waals surface area contributed by atoms with E-state index in [1.54, 1.807) is 0 Å². The molecule has 4 rings (SSSR count). The maximum absolute atomic E-state index is 12.5. The summed E-state index contributed by atoms with van der Waals surface area (Å²) in [6.07, 6.45) is 2.17. The summed E-state index contributed by atoms with van der Waals surface area (Å²) in [7, 11) is 0. The SMILES string of the molecule is Cc1cc(N2CCC(NC(=O)Cc3ccc4c(c3)OCCO4)CC2)nc(C)n1. The summed E-state index contributed by atoms with van der Waals surface area (Å²) in [5.74, 6) is 3.29. The summed E-state index contributed by atoms with van der Waals surface area (Å²) in [4.78, 5) is 23.6. The van der Waals surface area contributed by atoms with E-state index in [4.69, 9.17) is 9.47 Å². The maximum Gasteiger partial charge on any atom is 0.224 e. The largest absolute Gasteiger partial charge is 0.486 e. The number of hydrogen-bond donors (Lipinski definition) is 1. The molecule has 1 amide bonds. The summed E-state index contributed by atoms with van der Waals surface area (Å²) < 4.78 is 11.1. The summed E-state index contributed by atoms with van der Waals surface area (Å²) >= 11 is 0. The molecule has 28 heavy (non-hydrogen) atoms. The van der Waals surface area contributed by atoms with Crippen LogP contribution in [0.4, 0.5) is 5.82 Å². The number of amides is 1. The Morgan fingerprint density at radius 3 is 2.61 bits per heavy atom. The van der Waals surface area contributed by atoms with Crippen molar-refractivity contribution in [1.82, 2.24) is 15.3 Å². The molecule has 3 heterocycles. The Bertz CT molecular complexity index is 842. The molecule has 2 aliphatic rings. The van der Waals surface area contributed by atoms with E-state index in [-0.39, 0.29) is 11.9 Å². The van der Waals surface area contributed by atoms with Gasteiger partial charge in [0.1, 0.15) is 24.9 Å². The van der Waals surface area contributed by atoms with Gasteiger partial charge in [-0.2, -0.15) is 0 Å².